The molecule has 1 amide bonds. The van der Waals surface area contributed by atoms with Crippen LogP contribution in [0, 0.1) is 0 Å². The highest BCUT2D eigenvalue weighted by atomic mass is 79.9. The van der Waals surface area contributed by atoms with Gasteiger partial charge in [0.1, 0.15) is 4.90 Å². The molecule has 0 saturated heterocycles. The van der Waals surface area contributed by atoms with Crippen LogP contribution in [-0.2, 0) is 10.0 Å². The van der Waals surface area contributed by atoms with Crippen molar-refractivity contribution in [3.05, 3.63) is 22.2 Å². The summed E-state index contributed by atoms with van der Waals surface area (Å²) in [7, 11) is -2.64. The van der Waals surface area contributed by atoms with Gasteiger partial charge in [-0.15, -0.1) is 0 Å². The van der Waals surface area contributed by atoms with Crippen LogP contribution in [0.25, 0.3) is 0 Å². The van der Waals surface area contributed by atoms with Crippen molar-refractivity contribution in [2.24, 2.45) is 5.14 Å². The molecule has 1 saturated carbocycles. The van der Waals surface area contributed by atoms with E-state index in [-0.39, 0.29) is 28.2 Å². The Bertz CT molecular complexity index is 626. The van der Waals surface area contributed by atoms with E-state index in [9.17, 15) is 13.2 Å². The first-order valence-corrected chi connectivity index (χ1v) is 7.88. The first-order valence-electron chi connectivity index (χ1n) is 5.54. The summed E-state index contributed by atoms with van der Waals surface area (Å²) < 4.78 is 28.4. The topological polar surface area (TPSA) is 98.5 Å². The molecule has 19 heavy (non-hydrogen) atoms. The molecular weight excluding hydrogens is 336 g/mol. The van der Waals surface area contributed by atoms with Crippen molar-refractivity contribution in [3.63, 3.8) is 0 Å². The van der Waals surface area contributed by atoms with Crippen molar-refractivity contribution >= 4 is 31.9 Å². The van der Waals surface area contributed by atoms with Crippen LogP contribution in [0.4, 0.5) is 0 Å². The Morgan fingerprint density at radius 3 is 2.58 bits per heavy atom. The summed E-state index contributed by atoms with van der Waals surface area (Å²) in [6, 6.07) is 2.91. The number of benzene rings is 1. The minimum Gasteiger partial charge on any atom is -0.494 e. The minimum absolute atomic E-state index is 0.0884. The lowest BCUT2D eigenvalue weighted by Gasteiger charge is -2.11. The van der Waals surface area contributed by atoms with E-state index < -0.39 is 10.0 Å². The third-order valence-corrected chi connectivity index (χ3v) is 4.20. The second-order valence-electron chi connectivity index (χ2n) is 4.28. The summed E-state index contributed by atoms with van der Waals surface area (Å²) in [5, 5.41) is 7.90. The predicted molar refractivity (Wildman–Crippen MR) is 72.6 cm³/mol. The van der Waals surface area contributed by atoms with Crippen molar-refractivity contribution in [2.45, 2.75) is 23.8 Å². The normalized spacial score (nSPS) is 15.1. The lowest BCUT2D eigenvalue weighted by Crippen LogP contribution is -2.26. The molecule has 0 aliphatic heterocycles. The van der Waals surface area contributed by atoms with Gasteiger partial charge in [-0.25, -0.2) is 13.6 Å². The fourth-order valence-electron chi connectivity index (χ4n) is 1.61. The molecule has 6 nitrogen and oxygen atoms in total. The van der Waals surface area contributed by atoms with E-state index in [0.717, 1.165) is 12.8 Å². The average molecular weight is 349 g/mol. The zero-order valence-corrected chi connectivity index (χ0v) is 12.5. The number of nitrogens with one attached hydrogen (secondary N) is 1. The third kappa shape index (κ3) is 3.26. The number of nitrogens with two attached hydrogens (primary N) is 1. The highest BCUT2D eigenvalue weighted by Gasteiger charge is 2.26. The fourth-order valence-corrected chi connectivity index (χ4v) is 3.10. The maximum absolute atomic E-state index is 11.9. The van der Waals surface area contributed by atoms with Crippen molar-refractivity contribution < 1.29 is 17.9 Å². The number of rotatable bonds is 4. The molecule has 1 fully saturated rings. The summed E-state index contributed by atoms with van der Waals surface area (Å²) in [6.07, 6.45) is 1.90. The molecule has 104 valence electrons. The quantitative estimate of drug-likeness (QED) is 0.847. The minimum atomic E-state index is -3.97. The molecule has 0 heterocycles. The number of hydrogen-bond acceptors (Lipinski definition) is 4. The Morgan fingerprint density at radius 1 is 1.47 bits per heavy atom. The molecule has 1 aromatic rings. The van der Waals surface area contributed by atoms with E-state index in [4.69, 9.17) is 9.88 Å². The second-order valence-corrected chi connectivity index (χ2v) is 6.67. The van der Waals surface area contributed by atoms with Crippen molar-refractivity contribution in [3.8, 4) is 5.75 Å². The Balaban J connectivity index is 2.46. The average Bonchev–Trinajstić information content (AvgIpc) is 3.10. The van der Waals surface area contributed by atoms with Crippen molar-refractivity contribution in [2.75, 3.05) is 7.11 Å². The van der Waals surface area contributed by atoms with Crippen molar-refractivity contribution in [1.82, 2.24) is 5.32 Å². The zero-order chi connectivity index (χ0) is 14.2. The van der Waals surface area contributed by atoms with Crippen molar-refractivity contribution in [1.29, 1.82) is 0 Å². The molecule has 1 aromatic carbocycles. The van der Waals surface area contributed by atoms with Crippen LogP contribution in [0.2, 0.25) is 0 Å². The van der Waals surface area contributed by atoms with Crippen LogP contribution in [0.1, 0.15) is 23.2 Å². The van der Waals surface area contributed by atoms with Gasteiger partial charge in [-0.3, -0.25) is 4.79 Å². The number of hydrogen-bond donors (Lipinski definition) is 2. The SMILES string of the molecule is COc1c(Br)cc(C(=O)NC2CC2)cc1S(N)(=O)=O. The summed E-state index contributed by atoms with van der Waals surface area (Å²) in [5.74, 6) is -0.235. The van der Waals surface area contributed by atoms with Gasteiger partial charge < -0.3 is 10.1 Å². The Kier molecular flexibility index (Phi) is 3.84. The van der Waals surface area contributed by atoms with Gasteiger partial charge in [0, 0.05) is 11.6 Å². The highest BCUT2D eigenvalue weighted by Crippen LogP contribution is 2.33. The van der Waals surface area contributed by atoms with Gasteiger partial charge in [0.25, 0.3) is 5.91 Å². The maximum Gasteiger partial charge on any atom is 0.251 e. The molecule has 0 radical (unpaired) electrons. The van der Waals surface area contributed by atoms with Gasteiger partial charge in [-0.05, 0) is 40.9 Å². The number of methoxy groups -OCH3 is 1. The monoisotopic (exact) mass is 348 g/mol. The van der Waals surface area contributed by atoms with Crippen LogP contribution < -0.4 is 15.2 Å². The predicted octanol–water partition coefficient (Wildman–Crippen LogP) is 0.997. The standard InChI is InChI=1S/C11H13BrN2O4S/c1-18-10-8(12)4-6(5-9(10)19(13,16)17)11(15)14-7-2-3-7/h4-5,7H,2-3H2,1H3,(H,14,15)(H2,13,16,17). The van der Waals surface area contributed by atoms with Gasteiger partial charge in [0.2, 0.25) is 10.0 Å². The van der Waals surface area contributed by atoms with Gasteiger partial charge in [0.05, 0.1) is 11.6 Å². The molecule has 0 bridgehead atoms. The number of ether oxygens (including phenoxy) is 1. The van der Waals surface area contributed by atoms with Gasteiger partial charge in [0.15, 0.2) is 5.75 Å². The molecule has 3 N–H and O–H groups in total. The van der Waals surface area contributed by atoms with Crippen LogP contribution >= 0.6 is 15.9 Å². The largest absolute Gasteiger partial charge is 0.494 e. The Morgan fingerprint density at radius 2 is 2.11 bits per heavy atom. The van der Waals surface area contributed by atoms with E-state index in [1.54, 1.807) is 0 Å². The maximum atomic E-state index is 11.9. The number of carbonyl (C=O) groups excluding carboxylic acids is 1. The molecule has 0 aromatic heterocycles. The molecule has 1 aliphatic rings. The van der Waals surface area contributed by atoms with E-state index in [1.165, 1.54) is 19.2 Å². The molecule has 0 spiro atoms. The van der Waals surface area contributed by atoms with Crippen LogP contribution in [0.5, 0.6) is 5.75 Å². The van der Waals surface area contributed by atoms with Crippen LogP contribution in [0.3, 0.4) is 0 Å². The first kappa shape index (κ1) is 14.3. The molecule has 0 atom stereocenters. The fraction of sp³-hybridized carbons (Fsp3) is 0.364. The summed E-state index contributed by atoms with van der Waals surface area (Å²) in [6.45, 7) is 0. The summed E-state index contributed by atoms with van der Waals surface area (Å²) in [5.41, 5.74) is 0.226. The Hall–Kier alpha value is -1.12. The van der Waals surface area contributed by atoms with E-state index in [1.807, 2.05) is 0 Å². The number of halogens is 1. The van der Waals surface area contributed by atoms with E-state index >= 15 is 0 Å². The number of amides is 1. The van der Waals surface area contributed by atoms with E-state index in [0.29, 0.717) is 4.47 Å². The number of primary sulfonamides is 1. The lowest BCUT2D eigenvalue weighted by molar-refractivity contribution is 0.0950. The molecule has 8 heteroatoms. The summed E-state index contributed by atoms with van der Waals surface area (Å²) in [4.78, 5) is 11.7. The van der Waals surface area contributed by atoms with Gasteiger partial charge >= 0.3 is 0 Å². The molecule has 0 unspecified atom stereocenters. The van der Waals surface area contributed by atoms with Gasteiger partial charge in [-0.1, -0.05) is 0 Å². The van der Waals surface area contributed by atoms with E-state index in [2.05, 4.69) is 21.2 Å². The third-order valence-electron chi connectivity index (χ3n) is 2.69. The van der Waals surface area contributed by atoms with Gasteiger partial charge in [-0.2, -0.15) is 0 Å². The smallest absolute Gasteiger partial charge is 0.251 e. The number of carbonyl (C=O) groups is 1. The molecular formula is C11H13BrN2O4S. The Labute approximate surface area is 119 Å². The first-order chi connectivity index (χ1) is 8.82. The highest BCUT2D eigenvalue weighted by molar-refractivity contribution is 9.10. The van der Waals surface area contributed by atoms with Crippen LogP contribution in [0.15, 0.2) is 21.5 Å². The van der Waals surface area contributed by atoms with Crippen LogP contribution in [-0.4, -0.2) is 27.5 Å². The second kappa shape index (κ2) is 5.10. The molecule has 2 rings (SSSR count). The lowest BCUT2D eigenvalue weighted by atomic mass is 10.2. The number of sulfonamides is 1. The molecule has 1 aliphatic carbocycles. The zero-order valence-electron chi connectivity index (χ0n) is 10.1. The summed E-state index contributed by atoms with van der Waals surface area (Å²) >= 11 is 3.18.